The molecule has 2 amide bonds. The molecule has 1 saturated carbocycles. The predicted molar refractivity (Wildman–Crippen MR) is 183 cm³/mol. The quantitative estimate of drug-likeness (QED) is 0.149. The number of fused-ring (bicyclic) bond motifs is 1. The topological polar surface area (TPSA) is 175 Å². The lowest BCUT2D eigenvalue weighted by Crippen LogP contribution is -2.42. The fraction of sp³-hybridized carbons (Fsp3) is 0.371. The number of carbonyl (C=O) groups excluding carboxylic acids is 2. The minimum absolute atomic E-state index is 0.0160. The highest BCUT2D eigenvalue weighted by Gasteiger charge is 2.44. The summed E-state index contributed by atoms with van der Waals surface area (Å²) in [6, 6.07) is 19.0. The summed E-state index contributed by atoms with van der Waals surface area (Å²) in [6.45, 7) is 3.37. The number of imidazole rings is 2. The zero-order valence-corrected chi connectivity index (χ0v) is 27.1. The molecule has 49 heavy (non-hydrogen) atoms. The maximum Gasteiger partial charge on any atom is 0.327 e. The number of nitrogens with one attached hydrogen (secondary N) is 3. The third-order valence-corrected chi connectivity index (χ3v) is 9.50. The maximum absolute atomic E-state index is 12.7. The Morgan fingerprint density at radius 2 is 1.69 bits per heavy atom. The summed E-state index contributed by atoms with van der Waals surface area (Å²) in [4.78, 5) is 45.5. The summed E-state index contributed by atoms with van der Waals surface area (Å²) in [5.41, 5.74) is 3.32. The van der Waals surface area contributed by atoms with E-state index < -0.39 is 24.3 Å². The molecule has 1 unspecified atom stereocenters. The summed E-state index contributed by atoms with van der Waals surface area (Å²) in [5.74, 6) is 0.808. The van der Waals surface area contributed by atoms with Crippen molar-refractivity contribution in [2.24, 2.45) is 0 Å². The Balaban J connectivity index is 1.21. The first kappa shape index (κ1) is 32.2. The minimum atomic E-state index is -1.15. The van der Waals surface area contributed by atoms with Gasteiger partial charge in [-0.15, -0.1) is 0 Å². The van der Waals surface area contributed by atoms with Crippen LogP contribution >= 0.6 is 0 Å². The maximum atomic E-state index is 12.7. The number of nitrogens with zero attached hydrogens (tertiary/aromatic N) is 7. The number of hydrogen-bond acceptors (Lipinski definition) is 10. The van der Waals surface area contributed by atoms with Crippen LogP contribution < -0.4 is 20.9 Å². The van der Waals surface area contributed by atoms with Crippen LogP contribution in [0.2, 0.25) is 0 Å². The number of anilines is 2. The van der Waals surface area contributed by atoms with E-state index in [2.05, 4.69) is 45.2 Å². The number of aromatic nitrogens is 6. The van der Waals surface area contributed by atoms with Crippen molar-refractivity contribution in [2.45, 2.75) is 62.4 Å². The van der Waals surface area contributed by atoms with Gasteiger partial charge in [0.2, 0.25) is 11.9 Å². The molecule has 7 rings (SSSR count). The molecule has 5 N–H and O–H groups in total. The third kappa shape index (κ3) is 6.69. The molecule has 4 heterocycles. The molecule has 254 valence electrons. The van der Waals surface area contributed by atoms with E-state index in [1.165, 1.54) is 10.9 Å². The van der Waals surface area contributed by atoms with Crippen LogP contribution in [0.1, 0.15) is 49.3 Å². The van der Waals surface area contributed by atoms with E-state index in [-0.39, 0.29) is 30.3 Å². The van der Waals surface area contributed by atoms with Crippen molar-refractivity contribution in [3.05, 3.63) is 96.8 Å². The first-order valence-electron chi connectivity index (χ1n) is 16.7. The van der Waals surface area contributed by atoms with Crippen molar-refractivity contribution < 1.29 is 19.8 Å². The molecule has 2 aliphatic rings. The molecule has 2 aromatic carbocycles. The molecule has 5 atom stereocenters. The highest BCUT2D eigenvalue weighted by molar-refractivity contribution is 5.85. The van der Waals surface area contributed by atoms with E-state index in [0.29, 0.717) is 55.4 Å². The summed E-state index contributed by atoms with van der Waals surface area (Å²) >= 11 is 0. The molecule has 14 heteroatoms. The molecule has 0 bridgehead atoms. The summed E-state index contributed by atoms with van der Waals surface area (Å²) in [6.07, 6.45) is 5.21. The van der Waals surface area contributed by atoms with E-state index in [9.17, 15) is 19.8 Å². The standard InChI is InChI=1S/C35H40N10O4/c1-2-28(46)40-26-17-27(31(48)30(26)47)45-21-38-29-32(37-18-25(22-9-5-3-6-10-22)23-11-7-4-8-12-23)41-34(42-33(29)45)43-15-13-24(19-43)39-35(49)44-16-14-36-20-44/h3-12,14,16,20-21,24-27,30-31,47-48H,2,13,15,17-19H2,1H3,(H,39,49)(H,40,46)(H,37,41,42)/t24?,26-,27+,30+,31-/m0/s1. The van der Waals surface area contributed by atoms with Crippen molar-refractivity contribution in [3.8, 4) is 0 Å². The molecular formula is C35H40N10O4. The van der Waals surface area contributed by atoms with E-state index >= 15 is 0 Å². The lowest BCUT2D eigenvalue weighted by Gasteiger charge is -2.22. The second-order valence-corrected chi connectivity index (χ2v) is 12.6. The van der Waals surface area contributed by atoms with E-state index in [1.807, 2.05) is 41.3 Å². The van der Waals surface area contributed by atoms with Crippen LogP contribution in [-0.4, -0.2) is 95.1 Å². The summed E-state index contributed by atoms with van der Waals surface area (Å²) in [5, 5.41) is 31.5. The molecule has 1 aliphatic carbocycles. The number of benzene rings is 2. The zero-order valence-electron chi connectivity index (χ0n) is 27.1. The van der Waals surface area contributed by atoms with Crippen molar-refractivity contribution in [1.82, 2.24) is 39.7 Å². The number of hydrogen-bond donors (Lipinski definition) is 5. The molecule has 1 aliphatic heterocycles. The monoisotopic (exact) mass is 664 g/mol. The summed E-state index contributed by atoms with van der Waals surface area (Å²) < 4.78 is 3.18. The van der Waals surface area contributed by atoms with Crippen LogP contribution in [0.3, 0.4) is 0 Å². The Labute approximate surface area is 283 Å². The van der Waals surface area contributed by atoms with Crippen molar-refractivity contribution in [2.75, 3.05) is 29.9 Å². The molecule has 0 radical (unpaired) electrons. The molecule has 0 spiro atoms. The normalized spacial score (nSPS) is 22.1. The molecule has 1 saturated heterocycles. The number of carbonyl (C=O) groups is 2. The average Bonchev–Trinajstić information content (AvgIpc) is 3.95. The lowest BCUT2D eigenvalue weighted by molar-refractivity contribution is -0.122. The highest BCUT2D eigenvalue weighted by Crippen LogP contribution is 2.35. The van der Waals surface area contributed by atoms with Crippen molar-refractivity contribution in [1.29, 1.82) is 0 Å². The Morgan fingerprint density at radius 1 is 0.959 bits per heavy atom. The van der Waals surface area contributed by atoms with Crippen LogP contribution in [0.5, 0.6) is 0 Å². The molecule has 5 aromatic rings. The number of rotatable bonds is 10. The smallest absolute Gasteiger partial charge is 0.327 e. The van der Waals surface area contributed by atoms with E-state index in [0.717, 1.165) is 11.1 Å². The summed E-state index contributed by atoms with van der Waals surface area (Å²) in [7, 11) is 0. The van der Waals surface area contributed by atoms with Gasteiger partial charge >= 0.3 is 6.03 Å². The van der Waals surface area contributed by atoms with E-state index in [1.54, 1.807) is 30.2 Å². The van der Waals surface area contributed by atoms with Gasteiger partial charge in [-0.3, -0.25) is 9.36 Å². The van der Waals surface area contributed by atoms with Crippen molar-refractivity contribution >= 4 is 34.9 Å². The molecular weight excluding hydrogens is 624 g/mol. The van der Waals surface area contributed by atoms with Crippen LogP contribution in [0, 0.1) is 0 Å². The van der Waals surface area contributed by atoms with Gasteiger partial charge in [0.1, 0.15) is 18.5 Å². The third-order valence-electron chi connectivity index (χ3n) is 9.50. The Kier molecular flexibility index (Phi) is 9.22. The Bertz CT molecular complexity index is 1850. The largest absolute Gasteiger partial charge is 0.388 e. The fourth-order valence-corrected chi connectivity index (χ4v) is 6.83. The highest BCUT2D eigenvalue weighted by atomic mass is 16.3. The second-order valence-electron chi connectivity index (χ2n) is 12.6. The number of aliphatic hydroxyl groups is 2. The second kappa shape index (κ2) is 14.0. The van der Waals surface area contributed by atoms with Gasteiger partial charge < -0.3 is 35.6 Å². The van der Waals surface area contributed by atoms with Gasteiger partial charge in [0.05, 0.1) is 18.4 Å². The van der Waals surface area contributed by atoms with Gasteiger partial charge in [-0.05, 0) is 24.0 Å². The van der Waals surface area contributed by atoms with Gasteiger partial charge in [0.15, 0.2) is 17.0 Å². The van der Waals surface area contributed by atoms with Crippen LogP contribution in [0.15, 0.2) is 85.7 Å². The van der Waals surface area contributed by atoms with Crippen LogP contribution in [0.25, 0.3) is 11.2 Å². The van der Waals surface area contributed by atoms with E-state index in [4.69, 9.17) is 15.0 Å². The Hall–Kier alpha value is -5.34. The number of amides is 2. The SMILES string of the molecule is CCC(=O)N[C@H]1C[C@@H](n2cnc3c(NCC(c4ccccc4)c4ccccc4)nc(N4CCC(NC(=O)n5ccnc5)C4)nc32)[C@H](O)[C@@H]1O. The first-order chi connectivity index (χ1) is 23.9. The van der Waals surface area contributed by atoms with Gasteiger partial charge in [0, 0.05) is 50.4 Å². The van der Waals surface area contributed by atoms with Crippen molar-refractivity contribution in [3.63, 3.8) is 0 Å². The van der Waals surface area contributed by atoms with Crippen LogP contribution in [-0.2, 0) is 4.79 Å². The molecule has 14 nitrogen and oxygen atoms in total. The minimum Gasteiger partial charge on any atom is -0.388 e. The molecule has 2 fully saturated rings. The van der Waals surface area contributed by atoms with Gasteiger partial charge in [-0.2, -0.15) is 9.97 Å². The lowest BCUT2D eigenvalue weighted by atomic mass is 9.91. The van der Waals surface area contributed by atoms with Gasteiger partial charge in [-0.1, -0.05) is 67.6 Å². The van der Waals surface area contributed by atoms with Gasteiger partial charge in [0.25, 0.3) is 0 Å². The molecule has 3 aromatic heterocycles. The first-order valence-corrected chi connectivity index (χ1v) is 16.7. The average molecular weight is 665 g/mol. The van der Waals surface area contributed by atoms with Gasteiger partial charge in [-0.25, -0.2) is 14.8 Å². The Morgan fingerprint density at radius 3 is 2.37 bits per heavy atom. The van der Waals surface area contributed by atoms with Crippen LogP contribution in [0.4, 0.5) is 16.6 Å². The number of aliphatic hydroxyl groups excluding tert-OH is 2. The zero-order chi connectivity index (χ0) is 33.9. The predicted octanol–water partition coefficient (Wildman–Crippen LogP) is 2.66. The fourth-order valence-electron chi connectivity index (χ4n) is 6.83.